The Morgan fingerprint density at radius 1 is 1.33 bits per heavy atom. The lowest BCUT2D eigenvalue weighted by Crippen LogP contribution is -2.29. The van der Waals surface area contributed by atoms with Crippen LogP contribution >= 0.6 is 0 Å². The summed E-state index contributed by atoms with van der Waals surface area (Å²) in [5.74, 6) is 0.0781. The van der Waals surface area contributed by atoms with E-state index in [2.05, 4.69) is 50.4 Å². The number of rotatable bonds is 4. The summed E-state index contributed by atoms with van der Waals surface area (Å²) < 4.78 is 5.50. The first-order valence-electron chi connectivity index (χ1n) is 7.87. The van der Waals surface area contributed by atoms with Crippen molar-refractivity contribution in [1.82, 2.24) is 5.32 Å². The molecule has 3 heteroatoms. The standard InChI is InChI=1S/C18H27NO2/c1-13(19-17(20)12-16-6-5-11-21-16)14-7-9-15(10-8-14)18(2,3)4/h7-10,13,16H,5-6,11-12H2,1-4H3,(H,19,20)/t13-,16+/m1/s1. The Hall–Kier alpha value is -1.35. The van der Waals surface area contributed by atoms with Gasteiger partial charge in [-0.3, -0.25) is 4.79 Å². The van der Waals surface area contributed by atoms with E-state index >= 15 is 0 Å². The summed E-state index contributed by atoms with van der Waals surface area (Å²) in [4.78, 5) is 12.0. The van der Waals surface area contributed by atoms with Crippen molar-refractivity contribution in [3.8, 4) is 0 Å². The smallest absolute Gasteiger partial charge is 0.223 e. The minimum atomic E-state index is 0.0351. The molecule has 0 bridgehead atoms. The lowest BCUT2D eigenvalue weighted by atomic mass is 9.86. The van der Waals surface area contributed by atoms with Crippen molar-refractivity contribution >= 4 is 5.91 Å². The summed E-state index contributed by atoms with van der Waals surface area (Å²) >= 11 is 0. The first kappa shape index (κ1) is 16.0. The summed E-state index contributed by atoms with van der Waals surface area (Å²) in [6.07, 6.45) is 2.66. The maximum atomic E-state index is 12.0. The summed E-state index contributed by atoms with van der Waals surface area (Å²) in [7, 11) is 0. The van der Waals surface area contributed by atoms with E-state index in [0.717, 1.165) is 25.0 Å². The molecule has 0 unspecified atom stereocenters. The zero-order chi connectivity index (χ0) is 15.5. The van der Waals surface area contributed by atoms with Crippen molar-refractivity contribution < 1.29 is 9.53 Å². The Morgan fingerprint density at radius 2 is 2.00 bits per heavy atom. The van der Waals surface area contributed by atoms with Gasteiger partial charge in [0.05, 0.1) is 18.6 Å². The van der Waals surface area contributed by atoms with Crippen LogP contribution in [-0.4, -0.2) is 18.6 Å². The Balaban J connectivity index is 1.90. The van der Waals surface area contributed by atoms with Crippen LogP contribution in [0.5, 0.6) is 0 Å². The molecule has 2 rings (SSSR count). The van der Waals surface area contributed by atoms with Gasteiger partial charge < -0.3 is 10.1 Å². The minimum Gasteiger partial charge on any atom is -0.378 e. The van der Waals surface area contributed by atoms with Crippen LogP contribution in [-0.2, 0) is 14.9 Å². The second kappa shape index (κ2) is 6.61. The lowest BCUT2D eigenvalue weighted by molar-refractivity contribution is -0.123. The van der Waals surface area contributed by atoms with Gasteiger partial charge in [-0.1, -0.05) is 45.0 Å². The van der Waals surface area contributed by atoms with Crippen LogP contribution in [0.4, 0.5) is 0 Å². The molecule has 1 fully saturated rings. The third-order valence-corrected chi connectivity index (χ3v) is 4.09. The molecule has 0 saturated carbocycles. The quantitative estimate of drug-likeness (QED) is 0.917. The Kier molecular flexibility index (Phi) is 5.04. The van der Waals surface area contributed by atoms with Crippen molar-refractivity contribution in [3.05, 3.63) is 35.4 Å². The highest BCUT2D eigenvalue weighted by Gasteiger charge is 2.20. The number of hydrogen-bond donors (Lipinski definition) is 1. The Morgan fingerprint density at radius 3 is 2.52 bits per heavy atom. The maximum absolute atomic E-state index is 12.0. The molecular weight excluding hydrogens is 262 g/mol. The van der Waals surface area contributed by atoms with E-state index in [9.17, 15) is 4.79 Å². The van der Waals surface area contributed by atoms with Crippen molar-refractivity contribution in [1.29, 1.82) is 0 Å². The van der Waals surface area contributed by atoms with Gasteiger partial charge in [-0.15, -0.1) is 0 Å². The zero-order valence-corrected chi connectivity index (χ0v) is 13.6. The van der Waals surface area contributed by atoms with Crippen molar-refractivity contribution in [2.24, 2.45) is 0 Å². The van der Waals surface area contributed by atoms with E-state index in [1.54, 1.807) is 0 Å². The van der Waals surface area contributed by atoms with Gasteiger partial charge in [-0.2, -0.15) is 0 Å². The van der Waals surface area contributed by atoms with Gasteiger partial charge >= 0.3 is 0 Å². The molecule has 2 atom stereocenters. The van der Waals surface area contributed by atoms with Gasteiger partial charge in [0.15, 0.2) is 0 Å². The number of carbonyl (C=O) groups excluding carboxylic acids is 1. The topological polar surface area (TPSA) is 38.3 Å². The number of hydrogen-bond acceptors (Lipinski definition) is 2. The van der Waals surface area contributed by atoms with E-state index in [-0.39, 0.29) is 23.5 Å². The fourth-order valence-corrected chi connectivity index (χ4v) is 2.67. The normalized spacial score (nSPS) is 20.3. The van der Waals surface area contributed by atoms with Gasteiger partial charge in [0.25, 0.3) is 0 Å². The van der Waals surface area contributed by atoms with Gasteiger partial charge in [-0.05, 0) is 36.3 Å². The van der Waals surface area contributed by atoms with Crippen LogP contribution < -0.4 is 5.32 Å². The molecule has 3 nitrogen and oxygen atoms in total. The van der Waals surface area contributed by atoms with E-state index in [1.807, 2.05) is 6.92 Å². The molecule has 0 aliphatic carbocycles. The van der Waals surface area contributed by atoms with Crippen molar-refractivity contribution in [3.63, 3.8) is 0 Å². The highest BCUT2D eigenvalue weighted by molar-refractivity contribution is 5.77. The Labute approximate surface area is 128 Å². The van der Waals surface area contributed by atoms with Crippen LogP contribution in [0.3, 0.4) is 0 Å². The number of nitrogens with one attached hydrogen (secondary N) is 1. The fraction of sp³-hybridized carbons (Fsp3) is 0.611. The molecule has 116 valence electrons. The Bertz CT molecular complexity index is 467. The maximum Gasteiger partial charge on any atom is 0.223 e. The van der Waals surface area contributed by atoms with E-state index in [1.165, 1.54) is 5.56 Å². The van der Waals surface area contributed by atoms with Crippen LogP contribution in [0.25, 0.3) is 0 Å². The second-order valence-corrected chi connectivity index (χ2v) is 7.00. The molecule has 0 aromatic heterocycles. The molecular formula is C18H27NO2. The summed E-state index contributed by atoms with van der Waals surface area (Å²) in [5.41, 5.74) is 2.61. The molecule has 0 spiro atoms. The minimum absolute atomic E-state index is 0.0351. The van der Waals surface area contributed by atoms with Crippen molar-refractivity contribution in [2.45, 2.75) is 64.5 Å². The molecule has 1 heterocycles. The largest absolute Gasteiger partial charge is 0.378 e. The molecule has 1 aromatic carbocycles. The van der Waals surface area contributed by atoms with Gasteiger partial charge in [0, 0.05) is 6.61 Å². The third-order valence-electron chi connectivity index (χ3n) is 4.09. The predicted octanol–water partition coefficient (Wildman–Crippen LogP) is 3.73. The molecule has 21 heavy (non-hydrogen) atoms. The van der Waals surface area contributed by atoms with E-state index in [4.69, 9.17) is 4.74 Å². The average Bonchev–Trinajstić information content (AvgIpc) is 2.90. The zero-order valence-electron chi connectivity index (χ0n) is 13.6. The number of carbonyl (C=O) groups is 1. The summed E-state index contributed by atoms with van der Waals surface area (Å²) in [6, 6.07) is 8.55. The monoisotopic (exact) mass is 289 g/mol. The second-order valence-electron chi connectivity index (χ2n) is 7.00. The first-order valence-corrected chi connectivity index (χ1v) is 7.87. The highest BCUT2D eigenvalue weighted by atomic mass is 16.5. The van der Waals surface area contributed by atoms with E-state index < -0.39 is 0 Å². The average molecular weight is 289 g/mol. The molecule has 1 aliphatic rings. The molecule has 1 amide bonds. The molecule has 1 aliphatic heterocycles. The molecule has 1 aromatic rings. The first-order chi connectivity index (χ1) is 9.86. The van der Waals surface area contributed by atoms with Gasteiger partial charge in [0.1, 0.15) is 0 Å². The summed E-state index contributed by atoms with van der Waals surface area (Å²) in [5, 5.41) is 3.06. The van der Waals surface area contributed by atoms with Crippen LogP contribution in [0.2, 0.25) is 0 Å². The number of benzene rings is 1. The molecule has 1 N–H and O–H groups in total. The summed E-state index contributed by atoms with van der Waals surface area (Å²) in [6.45, 7) is 9.43. The predicted molar refractivity (Wildman–Crippen MR) is 85.3 cm³/mol. The van der Waals surface area contributed by atoms with Gasteiger partial charge in [0.2, 0.25) is 5.91 Å². The highest BCUT2D eigenvalue weighted by Crippen LogP contribution is 2.24. The van der Waals surface area contributed by atoms with Crippen LogP contribution in [0.1, 0.15) is 64.1 Å². The van der Waals surface area contributed by atoms with Crippen molar-refractivity contribution in [2.75, 3.05) is 6.61 Å². The SMILES string of the molecule is C[C@@H](NC(=O)C[C@@H]1CCCO1)c1ccc(C(C)(C)C)cc1. The lowest BCUT2D eigenvalue weighted by Gasteiger charge is -2.21. The molecule has 1 saturated heterocycles. The van der Waals surface area contributed by atoms with Gasteiger partial charge in [-0.25, -0.2) is 0 Å². The van der Waals surface area contributed by atoms with E-state index in [0.29, 0.717) is 6.42 Å². The number of amides is 1. The van der Waals surface area contributed by atoms with Crippen LogP contribution in [0, 0.1) is 0 Å². The fourth-order valence-electron chi connectivity index (χ4n) is 2.67. The third kappa shape index (κ3) is 4.57. The number of ether oxygens (including phenoxy) is 1. The van der Waals surface area contributed by atoms with Crippen LogP contribution in [0.15, 0.2) is 24.3 Å². The molecule has 0 radical (unpaired) electrons.